The lowest BCUT2D eigenvalue weighted by Gasteiger charge is -2.32. The molecule has 1 aliphatic rings. The summed E-state index contributed by atoms with van der Waals surface area (Å²) in [6, 6.07) is 21.6. The normalized spacial score (nSPS) is 18.8. The van der Waals surface area contributed by atoms with Crippen LogP contribution < -0.4 is 4.74 Å². The van der Waals surface area contributed by atoms with Crippen LogP contribution in [0.3, 0.4) is 0 Å². The van der Waals surface area contributed by atoms with E-state index in [0.29, 0.717) is 28.7 Å². The summed E-state index contributed by atoms with van der Waals surface area (Å²) in [6.07, 6.45) is 10.7. The molecule has 3 atom stereocenters. The molecule has 1 heterocycles. The number of carbonyl (C=O) groups is 1. The molecule has 222 valence electrons. The first kappa shape index (κ1) is 31.3. The number of esters is 1. The van der Waals surface area contributed by atoms with E-state index in [2.05, 4.69) is 63.2 Å². The Balaban J connectivity index is 1.40. The van der Waals surface area contributed by atoms with Gasteiger partial charge in [0, 0.05) is 4.88 Å². The second-order valence-electron chi connectivity index (χ2n) is 12.2. The molecule has 0 aliphatic heterocycles. The van der Waals surface area contributed by atoms with E-state index >= 15 is 0 Å². The predicted molar refractivity (Wildman–Crippen MR) is 169 cm³/mol. The number of benzene rings is 2. The van der Waals surface area contributed by atoms with Gasteiger partial charge in [-0.1, -0.05) is 76.4 Å². The maximum Gasteiger partial charge on any atom is 0.348 e. The van der Waals surface area contributed by atoms with Gasteiger partial charge in [-0.05, 0) is 96.7 Å². The predicted octanol–water partition coefficient (Wildman–Crippen LogP) is 9.92. The van der Waals surface area contributed by atoms with Crippen molar-refractivity contribution in [3.63, 3.8) is 0 Å². The lowest BCUT2D eigenvalue weighted by molar-refractivity contribution is 0.0321. The van der Waals surface area contributed by atoms with Gasteiger partial charge in [0.2, 0.25) is 0 Å². The van der Waals surface area contributed by atoms with Crippen LogP contribution >= 0.6 is 11.3 Å². The van der Waals surface area contributed by atoms with E-state index in [1.807, 2.05) is 18.2 Å². The molecule has 0 bridgehead atoms. The van der Waals surface area contributed by atoms with E-state index in [0.717, 1.165) is 25.0 Å². The van der Waals surface area contributed by atoms with Gasteiger partial charge < -0.3 is 14.2 Å². The van der Waals surface area contributed by atoms with Crippen LogP contribution in [-0.4, -0.2) is 20.2 Å². The minimum atomic E-state index is -0.235. The van der Waals surface area contributed by atoms with Crippen molar-refractivity contribution in [2.24, 2.45) is 11.3 Å². The molecule has 1 fully saturated rings. The van der Waals surface area contributed by atoms with Crippen molar-refractivity contribution in [3.05, 3.63) is 87.1 Å². The lowest BCUT2D eigenvalue weighted by atomic mass is 9.73. The Labute approximate surface area is 251 Å². The SMILES string of the molecule is CCCCCC(OCc1ccc(OC)cc1)c1ccc([C@@H]2[C@@H](CCCc3ccc(C(=O)OC)s3)CCC2(C)C)cc1. The maximum atomic E-state index is 11.8. The zero-order valence-corrected chi connectivity index (χ0v) is 26.4. The summed E-state index contributed by atoms with van der Waals surface area (Å²) in [5, 5.41) is 0. The van der Waals surface area contributed by atoms with Crippen LogP contribution in [0.4, 0.5) is 0 Å². The van der Waals surface area contributed by atoms with Crippen molar-refractivity contribution in [2.45, 2.75) is 97.2 Å². The number of hydrogen-bond acceptors (Lipinski definition) is 5. The molecule has 1 aliphatic carbocycles. The third-order valence-corrected chi connectivity index (χ3v) is 9.99. The molecule has 1 saturated carbocycles. The number of methoxy groups -OCH3 is 2. The minimum Gasteiger partial charge on any atom is -0.497 e. The fourth-order valence-corrected chi connectivity index (χ4v) is 7.54. The van der Waals surface area contributed by atoms with Crippen LogP contribution in [0, 0.1) is 11.3 Å². The van der Waals surface area contributed by atoms with Crippen molar-refractivity contribution in [1.82, 2.24) is 0 Å². The number of rotatable bonds is 15. The molecule has 0 amide bonds. The molecule has 41 heavy (non-hydrogen) atoms. The molecule has 0 radical (unpaired) electrons. The number of ether oxygens (including phenoxy) is 3. The Hall–Kier alpha value is -2.63. The molecule has 0 spiro atoms. The van der Waals surface area contributed by atoms with Crippen molar-refractivity contribution in [2.75, 3.05) is 14.2 Å². The van der Waals surface area contributed by atoms with Gasteiger partial charge in [-0.15, -0.1) is 11.3 Å². The first-order chi connectivity index (χ1) is 19.8. The topological polar surface area (TPSA) is 44.8 Å². The average Bonchev–Trinajstić information content (AvgIpc) is 3.58. The molecule has 1 aromatic heterocycles. The van der Waals surface area contributed by atoms with Crippen molar-refractivity contribution < 1.29 is 19.0 Å². The smallest absolute Gasteiger partial charge is 0.348 e. The van der Waals surface area contributed by atoms with Crippen LogP contribution in [0.15, 0.2) is 60.7 Å². The van der Waals surface area contributed by atoms with Crippen LogP contribution in [-0.2, 0) is 22.5 Å². The molecular formula is C36H48O4S. The van der Waals surface area contributed by atoms with Gasteiger partial charge in [0.05, 0.1) is 26.9 Å². The molecule has 5 heteroatoms. The van der Waals surface area contributed by atoms with E-state index in [1.165, 1.54) is 67.2 Å². The van der Waals surface area contributed by atoms with E-state index < -0.39 is 0 Å². The molecule has 3 aromatic rings. The van der Waals surface area contributed by atoms with Crippen LogP contribution in [0.5, 0.6) is 5.75 Å². The zero-order chi connectivity index (χ0) is 29.2. The van der Waals surface area contributed by atoms with Gasteiger partial charge in [0.15, 0.2) is 0 Å². The van der Waals surface area contributed by atoms with Crippen LogP contribution in [0.1, 0.15) is 115 Å². The summed E-state index contributed by atoms with van der Waals surface area (Å²) < 4.78 is 16.7. The van der Waals surface area contributed by atoms with Gasteiger partial charge in [-0.25, -0.2) is 4.79 Å². The highest BCUT2D eigenvalue weighted by atomic mass is 32.1. The van der Waals surface area contributed by atoms with E-state index in [9.17, 15) is 4.79 Å². The second kappa shape index (κ2) is 15.0. The standard InChI is InChI=1S/C36H48O4S/c1-6-7-8-12-32(40-25-26-13-19-30(38-4)20-14-26)27-15-17-29(18-16-27)34-28(23-24-36(34,2)3)10-9-11-31-21-22-33(41-31)35(37)39-5/h13-22,28,32,34H,6-12,23-25H2,1-5H3/t28-,32?,34-/m0/s1. The molecule has 0 saturated heterocycles. The first-order valence-corrected chi connectivity index (χ1v) is 16.2. The number of aryl methyl sites for hydroxylation is 1. The van der Waals surface area contributed by atoms with E-state index in [4.69, 9.17) is 14.2 Å². The van der Waals surface area contributed by atoms with Crippen LogP contribution in [0.2, 0.25) is 0 Å². The fraction of sp³-hybridized carbons (Fsp3) is 0.528. The third-order valence-electron chi connectivity index (χ3n) is 8.87. The Morgan fingerprint density at radius 2 is 1.73 bits per heavy atom. The van der Waals surface area contributed by atoms with Crippen molar-refractivity contribution in [1.29, 1.82) is 0 Å². The molecule has 4 nitrogen and oxygen atoms in total. The first-order valence-electron chi connectivity index (χ1n) is 15.4. The highest BCUT2D eigenvalue weighted by Crippen LogP contribution is 2.54. The lowest BCUT2D eigenvalue weighted by Crippen LogP contribution is -2.20. The molecular weight excluding hydrogens is 528 g/mol. The Morgan fingerprint density at radius 3 is 2.41 bits per heavy atom. The number of unbranched alkanes of at least 4 members (excludes halogenated alkanes) is 2. The quantitative estimate of drug-likeness (QED) is 0.133. The van der Waals surface area contributed by atoms with Crippen molar-refractivity contribution >= 4 is 17.3 Å². The second-order valence-corrected chi connectivity index (χ2v) is 13.4. The number of carbonyl (C=O) groups excluding carboxylic acids is 1. The van der Waals surface area contributed by atoms with E-state index in [-0.39, 0.29) is 12.1 Å². The Morgan fingerprint density at radius 1 is 0.976 bits per heavy atom. The van der Waals surface area contributed by atoms with Gasteiger partial charge in [-0.2, -0.15) is 0 Å². The van der Waals surface area contributed by atoms with Crippen molar-refractivity contribution in [3.8, 4) is 5.75 Å². The van der Waals surface area contributed by atoms with Gasteiger partial charge in [-0.3, -0.25) is 0 Å². The Bertz CT molecular complexity index is 1210. The van der Waals surface area contributed by atoms with Crippen LogP contribution in [0.25, 0.3) is 0 Å². The van der Waals surface area contributed by atoms with E-state index in [1.54, 1.807) is 18.4 Å². The summed E-state index contributed by atoms with van der Waals surface area (Å²) in [7, 11) is 3.14. The third kappa shape index (κ3) is 8.45. The minimum absolute atomic E-state index is 0.103. The molecule has 2 aromatic carbocycles. The largest absolute Gasteiger partial charge is 0.497 e. The summed E-state index contributed by atoms with van der Waals surface area (Å²) >= 11 is 1.57. The fourth-order valence-electron chi connectivity index (χ4n) is 6.58. The van der Waals surface area contributed by atoms with Gasteiger partial charge in [0.25, 0.3) is 0 Å². The Kier molecular flexibility index (Phi) is 11.5. The van der Waals surface area contributed by atoms with Gasteiger partial charge in [0.1, 0.15) is 10.6 Å². The maximum absolute atomic E-state index is 11.8. The highest BCUT2D eigenvalue weighted by molar-refractivity contribution is 7.13. The monoisotopic (exact) mass is 576 g/mol. The number of thiophene rings is 1. The molecule has 4 rings (SSSR count). The summed E-state index contributed by atoms with van der Waals surface area (Å²) in [5.74, 6) is 1.88. The van der Waals surface area contributed by atoms with Gasteiger partial charge >= 0.3 is 5.97 Å². The zero-order valence-electron chi connectivity index (χ0n) is 25.6. The summed E-state index contributed by atoms with van der Waals surface area (Å²) in [4.78, 5) is 13.8. The number of hydrogen-bond donors (Lipinski definition) is 0. The summed E-state index contributed by atoms with van der Waals surface area (Å²) in [6.45, 7) is 7.74. The average molecular weight is 577 g/mol. The molecule has 1 unspecified atom stereocenters. The summed E-state index contributed by atoms with van der Waals surface area (Å²) in [5.41, 5.74) is 4.21. The molecule has 0 N–H and O–H groups in total. The highest BCUT2D eigenvalue weighted by Gasteiger charge is 2.42.